The standard InChI is InChI=1S/C36H37N/c1-36(2,3)30-24-31(33(26-16-8-4-9-17-26)27-18-10-5-11-19-27)35(37)32(25-30)34(28-20-12-6-13-21-28)29-22-14-7-15-23-29/h4-24,32-34H,25,37H2,1-3H3. The molecule has 186 valence electrons. The predicted molar refractivity (Wildman–Crippen MR) is 156 cm³/mol. The molecule has 4 aromatic carbocycles. The molecule has 0 fully saturated rings. The molecule has 0 aromatic heterocycles. The molecule has 1 nitrogen and oxygen atoms in total. The van der Waals surface area contributed by atoms with Crippen molar-refractivity contribution >= 4 is 0 Å². The average molecular weight is 484 g/mol. The van der Waals surface area contributed by atoms with Gasteiger partial charge in [0.15, 0.2) is 0 Å². The highest BCUT2D eigenvalue weighted by Crippen LogP contribution is 2.48. The highest BCUT2D eigenvalue weighted by atomic mass is 14.6. The number of hydrogen-bond acceptors (Lipinski definition) is 1. The second-order valence-electron chi connectivity index (χ2n) is 11.2. The Morgan fingerprint density at radius 3 is 1.35 bits per heavy atom. The molecule has 0 bridgehead atoms. The van der Waals surface area contributed by atoms with Crippen LogP contribution in [0, 0.1) is 11.3 Å². The number of hydrogen-bond donors (Lipinski definition) is 1. The lowest BCUT2D eigenvalue weighted by Crippen LogP contribution is -2.30. The van der Waals surface area contributed by atoms with Gasteiger partial charge in [-0.15, -0.1) is 0 Å². The first-order chi connectivity index (χ1) is 17.9. The lowest BCUT2D eigenvalue weighted by Gasteiger charge is -2.39. The zero-order valence-corrected chi connectivity index (χ0v) is 22.1. The Morgan fingerprint density at radius 2 is 0.973 bits per heavy atom. The van der Waals surface area contributed by atoms with Gasteiger partial charge in [0.25, 0.3) is 0 Å². The lowest BCUT2D eigenvalue weighted by atomic mass is 9.66. The maximum atomic E-state index is 7.31. The molecule has 37 heavy (non-hydrogen) atoms. The lowest BCUT2D eigenvalue weighted by molar-refractivity contribution is 0.420. The van der Waals surface area contributed by atoms with Crippen molar-refractivity contribution < 1.29 is 0 Å². The van der Waals surface area contributed by atoms with Crippen LogP contribution in [0.3, 0.4) is 0 Å². The summed E-state index contributed by atoms with van der Waals surface area (Å²) in [5, 5.41) is 0. The van der Waals surface area contributed by atoms with Crippen LogP contribution in [0.15, 0.2) is 144 Å². The summed E-state index contributed by atoms with van der Waals surface area (Å²) < 4.78 is 0. The van der Waals surface area contributed by atoms with Crippen molar-refractivity contribution in [2.45, 2.75) is 39.0 Å². The van der Waals surface area contributed by atoms with Crippen LogP contribution in [0.5, 0.6) is 0 Å². The van der Waals surface area contributed by atoms with Gasteiger partial charge in [0.05, 0.1) is 0 Å². The summed E-state index contributed by atoms with van der Waals surface area (Å²) in [6, 6.07) is 43.4. The van der Waals surface area contributed by atoms with Gasteiger partial charge in [0, 0.05) is 23.5 Å². The van der Waals surface area contributed by atoms with Crippen molar-refractivity contribution in [3.8, 4) is 0 Å². The van der Waals surface area contributed by atoms with Gasteiger partial charge in [-0.3, -0.25) is 0 Å². The van der Waals surface area contributed by atoms with Gasteiger partial charge in [0.2, 0.25) is 0 Å². The van der Waals surface area contributed by atoms with Gasteiger partial charge in [-0.25, -0.2) is 0 Å². The summed E-state index contributed by atoms with van der Waals surface area (Å²) in [6.07, 6.45) is 3.37. The van der Waals surface area contributed by atoms with E-state index in [9.17, 15) is 0 Å². The Labute approximate surface area is 222 Å². The largest absolute Gasteiger partial charge is 0.402 e. The third-order valence-corrected chi connectivity index (χ3v) is 7.76. The second-order valence-corrected chi connectivity index (χ2v) is 11.2. The Balaban J connectivity index is 1.74. The van der Waals surface area contributed by atoms with Crippen molar-refractivity contribution in [2.75, 3.05) is 0 Å². The van der Waals surface area contributed by atoms with Crippen LogP contribution in [0.2, 0.25) is 0 Å². The first-order valence-corrected chi connectivity index (χ1v) is 13.3. The third kappa shape index (κ3) is 5.32. The van der Waals surface area contributed by atoms with Crippen LogP contribution in [-0.2, 0) is 0 Å². The Kier molecular flexibility index (Phi) is 7.15. The zero-order valence-electron chi connectivity index (χ0n) is 22.1. The van der Waals surface area contributed by atoms with E-state index in [4.69, 9.17) is 5.73 Å². The molecule has 1 aliphatic rings. The van der Waals surface area contributed by atoms with Gasteiger partial charge in [-0.1, -0.05) is 154 Å². The zero-order chi connectivity index (χ0) is 25.8. The van der Waals surface area contributed by atoms with Crippen LogP contribution >= 0.6 is 0 Å². The molecule has 0 saturated heterocycles. The fraction of sp³-hybridized carbons (Fsp3) is 0.222. The second kappa shape index (κ2) is 10.6. The van der Waals surface area contributed by atoms with Gasteiger partial charge in [-0.2, -0.15) is 0 Å². The van der Waals surface area contributed by atoms with E-state index in [0.717, 1.165) is 12.1 Å². The fourth-order valence-electron chi connectivity index (χ4n) is 5.78. The smallest absolute Gasteiger partial charge is 0.0357 e. The van der Waals surface area contributed by atoms with Crippen molar-refractivity contribution in [2.24, 2.45) is 17.1 Å². The van der Waals surface area contributed by atoms with Crippen LogP contribution in [0.1, 0.15) is 61.3 Å². The van der Waals surface area contributed by atoms with E-state index >= 15 is 0 Å². The van der Waals surface area contributed by atoms with E-state index in [0.29, 0.717) is 0 Å². The molecule has 0 saturated carbocycles. The number of benzene rings is 4. The van der Waals surface area contributed by atoms with E-state index < -0.39 is 0 Å². The molecule has 0 aliphatic heterocycles. The molecule has 5 rings (SSSR count). The molecule has 1 unspecified atom stereocenters. The monoisotopic (exact) mass is 483 g/mol. The highest BCUT2D eigenvalue weighted by molar-refractivity contribution is 5.52. The minimum absolute atomic E-state index is 0.0417. The van der Waals surface area contributed by atoms with E-state index in [1.54, 1.807) is 0 Å². The predicted octanol–water partition coefficient (Wildman–Crippen LogP) is 8.86. The van der Waals surface area contributed by atoms with E-state index in [1.807, 2.05) is 0 Å². The molecule has 4 aromatic rings. The molecule has 2 N–H and O–H groups in total. The van der Waals surface area contributed by atoms with Crippen molar-refractivity contribution in [1.29, 1.82) is 0 Å². The maximum absolute atomic E-state index is 7.31. The Morgan fingerprint density at radius 1 is 0.595 bits per heavy atom. The number of nitrogens with two attached hydrogens (primary N) is 1. The van der Waals surface area contributed by atoms with Crippen LogP contribution < -0.4 is 5.73 Å². The minimum Gasteiger partial charge on any atom is -0.402 e. The van der Waals surface area contributed by atoms with E-state index in [-0.39, 0.29) is 23.2 Å². The van der Waals surface area contributed by atoms with Crippen LogP contribution in [-0.4, -0.2) is 0 Å². The molecule has 0 amide bonds. The van der Waals surface area contributed by atoms with Gasteiger partial charge >= 0.3 is 0 Å². The fourth-order valence-corrected chi connectivity index (χ4v) is 5.78. The average Bonchev–Trinajstić information content (AvgIpc) is 2.92. The van der Waals surface area contributed by atoms with E-state index in [1.165, 1.54) is 33.4 Å². The summed E-state index contributed by atoms with van der Waals surface area (Å²) in [7, 11) is 0. The number of allylic oxidation sites excluding steroid dienone is 4. The summed E-state index contributed by atoms with van der Waals surface area (Å²) in [4.78, 5) is 0. The maximum Gasteiger partial charge on any atom is 0.0357 e. The molecule has 1 heteroatoms. The molecule has 0 heterocycles. The third-order valence-electron chi connectivity index (χ3n) is 7.76. The molecular weight excluding hydrogens is 446 g/mol. The summed E-state index contributed by atoms with van der Waals surface area (Å²) >= 11 is 0. The number of rotatable bonds is 6. The Bertz CT molecular complexity index is 1280. The SMILES string of the molecule is CC(C)(C)C1=CC(C(c2ccccc2)c2ccccc2)=C(N)C(C(c2ccccc2)c2ccccc2)C1. The van der Waals surface area contributed by atoms with Gasteiger partial charge in [0.1, 0.15) is 0 Å². The molecule has 0 radical (unpaired) electrons. The minimum atomic E-state index is 0.0417. The van der Waals surface area contributed by atoms with Crippen molar-refractivity contribution in [1.82, 2.24) is 0 Å². The van der Waals surface area contributed by atoms with Gasteiger partial charge in [-0.05, 0) is 39.7 Å². The molecule has 1 atom stereocenters. The van der Waals surface area contributed by atoms with Crippen LogP contribution in [0.4, 0.5) is 0 Å². The Hall–Kier alpha value is -3.84. The normalized spacial score (nSPS) is 16.2. The summed E-state index contributed by atoms with van der Waals surface area (Å²) in [5.74, 6) is 0.416. The van der Waals surface area contributed by atoms with Crippen LogP contribution in [0.25, 0.3) is 0 Å². The first-order valence-electron chi connectivity index (χ1n) is 13.3. The summed E-state index contributed by atoms with van der Waals surface area (Å²) in [5.41, 5.74) is 16.2. The van der Waals surface area contributed by atoms with E-state index in [2.05, 4.69) is 148 Å². The summed E-state index contributed by atoms with van der Waals surface area (Å²) in [6.45, 7) is 6.99. The van der Waals surface area contributed by atoms with Crippen molar-refractivity contribution in [3.63, 3.8) is 0 Å². The quantitative estimate of drug-likeness (QED) is 0.291. The topological polar surface area (TPSA) is 26.0 Å². The molecule has 1 aliphatic carbocycles. The molecule has 0 spiro atoms. The molecular formula is C36H37N. The van der Waals surface area contributed by atoms with Gasteiger partial charge < -0.3 is 5.73 Å². The first kappa shape index (κ1) is 24.8. The highest BCUT2D eigenvalue weighted by Gasteiger charge is 2.36. The van der Waals surface area contributed by atoms with Crippen molar-refractivity contribution in [3.05, 3.63) is 167 Å².